The molecule has 21 heavy (non-hydrogen) atoms. The van der Waals surface area contributed by atoms with E-state index in [4.69, 9.17) is 0 Å². The van der Waals surface area contributed by atoms with E-state index < -0.39 is 0 Å². The summed E-state index contributed by atoms with van der Waals surface area (Å²) in [6, 6.07) is 0. The predicted molar refractivity (Wildman–Crippen MR) is 96.7 cm³/mol. The van der Waals surface area contributed by atoms with E-state index in [-0.39, 0.29) is 0 Å². The molecular weight excluding hydrogens is 252 g/mol. The lowest BCUT2D eigenvalue weighted by Gasteiger charge is -2.37. The zero-order valence-electron chi connectivity index (χ0n) is 15.3. The van der Waals surface area contributed by atoms with E-state index >= 15 is 0 Å². The molecule has 0 aromatic rings. The molecule has 3 atom stereocenters. The van der Waals surface area contributed by atoms with Crippen LogP contribution >= 0.6 is 0 Å². The van der Waals surface area contributed by atoms with Crippen molar-refractivity contribution in [2.75, 3.05) is 0 Å². The van der Waals surface area contributed by atoms with E-state index in [1.165, 1.54) is 96.3 Å². The van der Waals surface area contributed by atoms with E-state index in [1.54, 1.807) is 0 Å². The van der Waals surface area contributed by atoms with Gasteiger partial charge in [-0.05, 0) is 37.0 Å². The van der Waals surface area contributed by atoms with Gasteiger partial charge in [0.25, 0.3) is 0 Å². The first kappa shape index (κ1) is 19.0. The maximum Gasteiger partial charge on any atom is -0.0383 e. The van der Waals surface area contributed by atoms with Gasteiger partial charge in [0.15, 0.2) is 0 Å². The van der Waals surface area contributed by atoms with Crippen LogP contribution in [0.2, 0.25) is 0 Å². The Hall–Kier alpha value is 0. The van der Waals surface area contributed by atoms with Gasteiger partial charge in [0.05, 0.1) is 0 Å². The molecule has 1 fully saturated rings. The summed E-state index contributed by atoms with van der Waals surface area (Å²) in [6.07, 6.45) is 22.2. The van der Waals surface area contributed by atoms with Crippen molar-refractivity contribution < 1.29 is 0 Å². The lowest BCUT2D eigenvalue weighted by atomic mass is 9.68. The Kier molecular flexibility index (Phi) is 11.4. The molecule has 1 aliphatic carbocycles. The molecule has 1 rings (SSSR count). The Morgan fingerprint density at radius 3 is 1.71 bits per heavy atom. The molecule has 0 radical (unpaired) electrons. The summed E-state index contributed by atoms with van der Waals surface area (Å²) in [5, 5.41) is 0. The van der Waals surface area contributed by atoms with Crippen molar-refractivity contribution in [2.24, 2.45) is 17.8 Å². The van der Waals surface area contributed by atoms with E-state index in [2.05, 4.69) is 20.8 Å². The van der Waals surface area contributed by atoms with E-state index in [1.807, 2.05) is 0 Å². The molecule has 0 spiro atoms. The normalized spacial score (nSPS) is 23.0. The van der Waals surface area contributed by atoms with Gasteiger partial charge in [-0.2, -0.15) is 0 Å². The van der Waals surface area contributed by atoms with Crippen molar-refractivity contribution in [3.63, 3.8) is 0 Å². The number of rotatable bonds is 14. The first-order chi connectivity index (χ1) is 10.3. The number of hydrogen-bond acceptors (Lipinski definition) is 0. The largest absolute Gasteiger partial charge is 0.0654 e. The molecule has 0 N–H and O–H groups in total. The van der Waals surface area contributed by atoms with Crippen LogP contribution in [-0.4, -0.2) is 0 Å². The van der Waals surface area contributed by atoms with Crippen LogP contribution in [0.3, 0.4) is 0 Å². The van der Waals surface area contributed by atoms with Crippen molar-refractivity contribution in [2.45, 2.75) is 117 Å². The highest BCUT2D eigenvalue weighted by Crippen LogP contribution is 2.41. The van der Waals surface area contributed by atoms with Crippen molar-refractivity contribution in [1.82, 2.24) is 0 Å². The fourth-order valence-electron chi connectivity index (χ4n) is 4.10. The highest BCUT2D eigenvalue weighted by atomic mass is 14.3. The van der Waals surface area contributed by atoms with E-state index in [0.717, 1.165) is 17.8 Å². The summed E-state index contributed by atoms with van der Waals surface area (Å²) < 4.78 is 0. The standard InChI is InChI=1S/C21H42/c1-4-6-7-8-9-10-11-12-13-14-15-19(3)18-21-17-16-20(21)5-2/h19-21H,4-18H2,1-3H3. The molecule has 1 saturated carbocycles. The molecule has 0 nitrogen and oxygen atoms in total. The fourth-order valence-corrected chi connectivity index (χ4v) is 4.10. The van der Waals surface area contributed by atoms with Gasteiger partial charge in [0.1, 0.15) is 0 Å². The van der Waals surface area contributed by atoms with Crippen LogP contribution < -0.4 is 0 Å². The maximum absolute atomic E-state index is 2.50. The van der Waals surface area contributed by atoms with Gasteiger partial charge >= 0.3 is 0 Å². The minimum Gasteiger partial charge on any atom is -0.0654 e. The second kappa shape index (κ2) is 12.5. The van der Waals surface area contributed by atoms with Crippen molar-refractivity contribution in [3.8, 4) is 0 Å². The molecule has 126 valence electrons. The van der Waals surface area contributed by atoms with Crippen LogP contribution in [0.4, 0.5) is 0 Å². The van der Waals surface area contributed by atoms with Gasteiger partial charge in [0, 0.05) is 0 Å². The van der Waals surface area contributed by atoms with Crippen LogP contribution in [0.1, 0.15) is 117 Å². The Morgan fingerprint density at radius 2 is 1.24 bits per heavy atom. The zero-order valence-corrected chi connectivity index (χ0v) is 15.3. The molecule has 0 bridgehead atoms. The maximum atomic E-state index is 2.50. The SMILES string of the molecule is CCCCCCCCCCCCC(C)CC1CCC1CC. The van der Waals surface area contributed by atoms with Crippen molar-refractivity contribution in [3.05, 3.63) is 0 Å². The summed E-state index contributed by atoms with van der Waals surface area (Å²) in [5.74, 6) is 3.16. The lowest BCUT2D eigenvalue weighted by molar-refractivity contribution is 0.136. The molecule has 1 aliphatic rings. The second-order valence-electron chi connectivity index (χ2n) is 7.82. The van der Waals surface area contributed by atoms with Crippen molar-refractivity contribution in [1.29, 1.82) is 0 Å². The average Bonchev–Trinajstić information content (AvgIpc) is 2.46. The van der Waals surface area contributed by atoms with Crippen LogP contribution in [0, 0.1) is 17.8 Å². The molecule has 0 aromatic carbocycles. The van der Waals surface area contributed by atoms with Crippen molar-refractivity contribution >= 4 is 0 Å². The molecule has 0 saturated heterocycles. The van der Waals surface area contributed by atoms with Gasteiger partial charge in [-0.15, -0.1) is 0 Å². The van der Waals surface area contributed by atoms with E-state index in [9.17, 15) is 0 Å². The Balaban J connectivity index is 1.81. The summed E-state index contributed by atoms with van der Waals surface area (Å²) in [5.41, 5.74) is 0. The number of hydrogen-bond donors (Lipinski definition) is 0. The minimum atomic E-state index is 0.985. The van der Waals surface area contributed by atoms with Gasteiger partial charge in [-0.25, -0.2) is 0 Å². The van der Waals surface area contributed by atoms with Gasteiger partial charge in [-0.3, -0.25) is 0 Å². The monoisotopic (exact) mass is 294 g/mol. The third kappa shape index (κ3) is 8.89. The molecule has 0 heterocycles. The molecule has 0 heteroatoms. The molecule has 3 unspecified atom stereocenters. The predicted octanol–water partition coefficient (Wildman–Crippen LogP) is 7.76. The highest BCUT2D eigenvalue weighted by molar-refractivity contribution is 4.80. The number of unbranched alkanes of at least 4 members (excludes halogenated alkanes) is 9. The Morgan fingerprint density at radius 1 is 0.714 bits per heavy atom. The minimum absolute atomic E-state index is 0.985. The smallest absolute Gasteiger partial charge is 0.0383 e. The summed E-state index contributed by atoms with van der Waals surface area (Å²) in [6.45, 7) is 7.18. The summed E-state index contributed by atoms with van der Waals surface area (Å²) in [4.78, 5) is 0. The lowest BCUT2D eigenvalue weighted by Crippen LogP contribution is -2.26. The first-order valence-corrected chi connectivity index (χ1v) is 10.3. The summed E-state index contributed by atoms with van der Waals surface area (Å²) >= 11 is 0. The van der Waals surface area contributed by atoms with Gasteiger partial charge in [-0.1, -0.05) is 97.8 Å². The summed E-state index contributed by atoms with van der Waals surface area (Å²) in [7, 11) is 0. The first-order valence-electron chi connectivity index (χ1n) is 10.3. The second-order valence-corrected chi connectivity index (χ2v) is 7.82. The molecular formula is C21H42. The molecule has 0 aromatic heterocycles. The van der Waals surface area contributed by atoms with Crippen LogP contribution in [0.15, 0.2) is 0 Å². The Labute approximate surface area is 135 Å². The van der Waals surface area contributed by atoms with Crippen LogP contribution in [-0.2, 0) is 0 Å². The van der Waals surface area contributed by atoms with Crippen LogP contribution in [0.5, 0.6) is 0 Å². The third-order valence-electron chi connectivity index (χ3n) is 5.85. The average molecular weight is 295 g/mol. The fraction of sp³-hybridized carbons (Fsp3) is 1.00. The van der Waals surface area contributed by atoms with E-state index in [0.29, 0.717) is 0 Å². The quantitative estimate of drug-likeness (QED) is 0.287. The zero-order chi connectivity index (χ0) is 15.3. The van der Waals surface area contributed by atoms with Gasteiger partial charge in [0.2, 0.25) is 0 Å². The Bertz CT molecular complexity index is 218. The van der Waals surface area contributed by atoms with Gasteiger partial charge < -0.3 is 0 Å². The topological polar surface area (TPSA) is 0 Å². The molecule has 0 amide bonds. The third-order valence-corrected chi connectivity index (χ3v) is 5.85. The highest BCUT2D eigenvalue weighted by Gasteiger charge is 2.29. The van der Waals surface area contributed by atoms with Crippen LogP contribution in [0.25, 0.3) is 0 Å². The molecule has 0 aliphatic heterocycles.